The number of benzene rings is 2. The Balaban J connectivity index is 1.68. The van der Waals surface area contributed by atoms with Crippen molar-refractivity contribution >= 4 is 45.1 Å². The summed E-state index contributed by atoms with van der Waals surface area (Å²) in [5.41, 5.74) is 1.98. The van der Waals surface area contributed by atoms with Crippen LogP contribution in [-0.2, 0) is 9.53 Å². The molecule has 0 radical (unpaired) electrons. The quantitative estimate of drug-likeness (QED) is 0.309. The zero-order chi connectivity index (χ0) is 20.9. The Morgan fingerprint density at radius 3 is 2.70 bits per heavy atom. The van der Waals surface area contributed by atoms with Crippen molar-refractivity contribution in [3.05, 3.63) is 83.6 Å². The number of furan rings is 1. The minimum atomic E-state index is -0.466. The SMILES string of the molecule is CCOC(=O)c1c(-c2ccc3ccccc3c2)csc1NC(=O)/C=C/c1ccco1. The molecule has 4 rings (SSSR count). The second-order valence-corrected chi connectivity index (χ2v) is 7.35. The van der Waals surface area contributed by atoms with Gasteiger partial charge in [0.1, 0.15) is 16.3 Å². The zero-order valence-electron chi connectivity index (χ0n) is 16.3. The molecule has 2 heterocycles. The molecule has 0 saturated heterocycles. The fraction of sp³-hybridized carbons (Fsp3) is 0.0833. The standard InChI is InChI=1S/C24H19NO4S/c1-2-28-24(27)22-20(18-10-9-16-6-3-4-7-17(16)14-18)15-30-23(22)25-21(26)12-11-19-8-5-13-29-19/h3-15H,2H2,1H3,(H,25,26)/b12-11+. The minimum Gasteiger partial charge on any atom is -0.465 e. The Bertz CT molecular complexity index is 1220. The van der Waals surface area contributed by atoms with E-state index in [4.69, 9.17) is 9.15 Å². The first-order valence-corrected chi connectivity index (χ1v) is 10.3. The molecule has 0 atom stereocenters. The maximum Gasteiger partial charge on any atom is 0.341 e. The van der Waals surface area contributed by atoms with E-state index in [-0.39, 0.29) is 12.5 Å². The van der Waals surface area contributed by atoms with Gasteiger partial charge in [-0.1, -0.05) is 36.4 Å². The lowest BCUT2D eigenvalue weighted by Gasteiger charge is -2.08. The number of carbonyl (C=O) groups excluding carboxylic acids is 2. The lowest BCUT2D eigenvalue weighted by molar-refractivity contribution is -0.111. The molecule has 0 bridgehead atoms. The Morgan fingerprint density at radius 1 is 1.10 bits per heavy atom. The predicted molar refractivity (Wildman–Crippen MR) is 120 cm³/mol. The van der Waals surface area contributed by atoms with Crippen LogP contribution >= 0.6 is 11.3 Å². The number of hydrogen-bond donors (Lipinski definition) is 1. The monoisotopic (exact) mass is 417 g/mol. The van der Waals surface area contributed by atoms with Gasteiger partial charge in [0.25, 0.3) is 0 Å². The third-order valence-corrected chi connectivity index (χ3v) is 5.41. The highest BCUT2D eigenvalue weighted by atomic mass is 32.1. The van der Waals surface area contributed by atoms with Crippen LogP contribution in [0.15, 0.2) is 76.7 Å². The molecule has 30 heavy (non-hydrogen) atoms. The van der Waals surface area contributed by atoms with Crippen molar-refractivity contribution < 1.29 is 18.7 Å². The van der Waals surface area contributed by atoms with Crippen LogP contribution < -0.4 is 5.32 Å². The molecule has 0 aliphatic carbocycles. The molecular weight excluding hydrogens is 398 g/mol. The van der Waals surface area contributed by atoms with Crippen LogP contribution in [0.5, 0.6) is 0 Å². The van der Waals surface area contributed by atoms with Crippen LogP contribution in [0.1, 0.15) is 23.0 Å². The molecule has 0 aliphatic heterocycles. The van der Waals surface area contributed by atoms with Crippen molar-refractivity contribution in [3.8, 4) is 11.1 Å². The lowest BCUT2D eigenvalue weighted by Crippen LogP contribution is -2.12. The van der Waals surface area contributed by atoms with E-state index in [2.05, 4.69) is 5.32 Å². The molecule has 0 unspecified atom stereocenters. The van der Waals surface area contributed by atoms with Crippen LogP contribution in [0, 0.1) is 0 Å². The van der Waals surface area contributed by atoms with Gasteiger partial charge in [0.05, 0.1) is 12.9 Å². The van der Waals surface area contributed by atoms with Crippen LogP contribution in [0.25, 0.3) is 28.0 Å². The Hall–Kier alpha value is -3.64. The number of amides is 1. The highest BCUT2D eigenvalue weighted by molar-refractivity contribution is 7.15. The molecule has 4 aromatic rings. The molecule has 0 fully saturated rings. The third-order valence-electron chi connectivity index (χ3n) is 4.51. The lowest BCUT2D eigenvalue weighted by atomic mass is 10.00. The van der Waals surface area contributed by atoms with Crippen molar-refractivity contribution in [3.63, 3.8) is 0 Å². The van der Waals surface area contributed by atoms with Crippen LogP contribution in [0.3, 0.4) is 0 Å². The van der Waals surface area contributed by atoms with E-state index in [1.807, 2.05) is 47.8 Å². The number of carbonyl (C=O) groups is 2. The van der Waals surface area contributed by atoms with E-state index in [0.717, 1.165) is 21.9 Å². The van der Waals surface area contributed by atoms with E-state index >= 15 is 0 Å². The van der Waals surface area contributed by atoms with Crippen molar-refractivity contribution in [2.24, 2.45) is 0 Å². The maximum atomic E-state index is 12.7. The molecule has 1 amide bonds. The number of nitrogens with one attached hydrogen (secondary N) is 1. The predicted octanol–water partition coefficient (Wildman–Crippen LogP) is 5.99. The van der Waals surface area contributed by atoms with Gasteiger partial charge in [-0.2, -0.15) is 0 Å². The largest absolute Gasteiger partial charge is 0.465 e. The second-order valence-electron chi connectivity index (χ2n) is 6.47. The van der Waals surface area contributed by atoms with Gasteiger partial charge in [0.2, 0.25) is 5.91 Å². The van der Waals surface area contributed by atoms with Gasteiger partial charge >= 0.3 is 5.97 Å². The van der Waals surface area contributed by atoms with Gasteiger partial charge in [-0.25, -0.2) is 4.79 Å². The molecule has 2 aromatic heterocycles. The van der Waals surface area contributed by atoms with Crippen molar-refractivity contribution in [2.75, 3.05) is 11.9 Å². The van der Waals surface area contributed by atoms with E-state index in [1.165, 1.54) is 23.7 Å². The average molecular weight is 417 g/mol. The second kappa shape index (κ2) is 8.80. The van der Waals surface area contributed by atoms with Gasteiger partial charge < -0.3 is 14.5 Å². The van der Waals surface area contributed by atoms with Crippen molar-refractivity contribution in [1.82, 2.24) is 0 Å². The van der Waals surface area contributed by atoms with E-state index < -0.39 is 5.97 Å². The van der Waals surface area contributed by atoms with Gasteiger partial charge in [-0.15, -0.1) is 11.3 Å². The number of esters is 1. The molecule has 0 spiro atoms. The molecule has 2 aromatic carbocycles. The summed E-state index contributed by atoms with van der Waals surface area (Å²) in [7, 11) is 0. The highest BCUT2D eigenvalue weighted by Gasteiger charge is 2.22. The first-order valence-electron chi connectivity index (χ1n) is 9.46. The smallest absolute Gasteiger partial charge is 0.341 e. The number of ether oxygens (including phenoxy) is 1. The summed E-state index contributed by atoms with van der Waals surface area (Å²) in [4.78, 5) is 25.1. The average Bonchev–Trinajstić information content (AvgIpc) is 3.42. The summed E-state index contributed by atoms with van der Waals surface area (Å²) < 4.78 is 10.4. The summed E-state index contributed by atoms with van der Waals surface area (Å²) in [5, 5.41) is 7.29. The summed E-state index contributed by atoms with van der Waals surface area (Å²) >= 11 is 1.29. The molecular formula is C24H19NO4S. The van der Waals surface area contributed by atoms with Crippen LogP contribution in [0.4, 0.5) is 5.00 Å². The normalized spacial score (nSPS) is 11.1. The third kappa shape index (κ3) is 4.18. The fourth-order valence-electron chi connectivity index (χ4n) is 3.12. The maximum absolute atomic E-state index is 12.7. The van der Waals surface area contributed by atoms with Gasteiger partial charge in [0, 0.05) is 17.0 Å². The first kappa shape index (κ1) is 19.7. The van der Waals surface area contributed by atoms with E-state index in [0.29, 0.717) is 16.3 Å². The summed E-state index contributed by atoms with van der Waals surface area (Å²) in [5.74, 6) is -0.255. The first-order chi connectivity index (χ1) is 14.7. The van der Waals surface area contributed by atoms with E-state index in [1.54, 1.807) is 25.1 Å². The Morgan fingerprint density at radius 2 is 1.93 bits per heavy atom. The van der Waals surface area contributed by atoms with Crippen molar-refractivity contribution in [1.29, 1.82) is 0 Å². The number of hydrogen-bond acceptors (Lipinski definition) is 5. The number of anilines is 1. The van der Waals surface area contributed by atoms with Crippen LogP contribution in [0.2, 0.25) is 0 Å². The molecule has 0 saturated carbocycles. The molecule has 1 N–H and O–H groups in total. The van der Waals surface area contributed by atoms with Crippen LogP contribution in [-0.4, -0.2) is 18.5 Å². The van der Waals surface area contributed by atoms with Gasteiger partial charge in [-0.05, 0) is 47.5 Å². The minimum absolute atomic E-state index is 0.248. The molecule has 6 heteroatoms. The molecule has 150 valence electrons. The van der Waals surface area contributed by atoms with Crippen molar-refractivity contribution in [2.45, 2.75) is 6.92 Å². The number of fused-ring (bicyclic) bond motifs is 1. The van der Waals surface area contributed by atoms with Gasteiger partial charge in [-0.3, -0.25) is 4.79 Å². The zero-order valence-corrected chi connectivity index (χ0v) is 17.1. The topological polar surface area (TPSA) is 68.5 Å². The summed E-state index contributed by atoms with van der Waals surface area (Å²) in [6.07, 6.45) is 4.46. The summed E-state index contributed by atoms with van der Waals surface area (Å²) in [6, 6.07) is 17.5. The van der Waals surface area contributed by atoms with E-state index in [9.17, 15) is 9.59 Å². The Kier molecular flexibility index (Phi) is 5.77. The fourth-order valence-corrected chi connectivity index (χ4v) is 4.08. The number of rotatable bonds is 6. The molecule has 5 nitrogen and oxygen atoms in total. The highest BCUT2D eigenvalue weighted by Crippen LogP contribution is 2.37. The van der Waals surface area contributed by atoms with Gasteiger partial charge in [0.15, 0.2) is 0 Å². The number of thiophene rings is 1. The molecule has 0 aliphatic rings. The Labute approximate surface area is 177 Å². The summed E-state index contributed by atoms with van der Waals surface area (Å²) in [6.45, 7) is 2.00.